The van der Waals surface area contributed by atoms with Crippen LogP contribution in [-0.2, 0) is 22.7 Å². The summed E-state index contributed by atoms with van der Waals surface area (Å²) in [4.78, 5) is 37.6. The molecule has 1 saturated carbocycles. The third-order valence-corrected chi connectivity index (χ3v) is 5.47. The molecule has 0 aromatic carbocycles. The number of thiazole rings is 1. The standard InChI is InChI=1S/C18H20N4O2S/c23-17-9-13(10-21(17)11-14-3-1-2-6-19-14)18(24)22(15-4-5-15)12-16-20-7-8-25-16/h1-3,6-8,13,15H,4-5,9-12H2. The molecule has 7 heteroatoms. The molecule has 2 aromatic heterocycles. The Hall–Kier alpha value is -2.28. The maximum absolute atomic E-state index is 13.0. The molecule has 0 N–H and O–H groups in total. The Morgan fingerprint density at radius 3 is 2.84 bits per heavy atom. The molecule has 1 unspecified atom stereocenters. The van der Waals surface area contributed by atoms with Crippen molar-refractivity contribution in [1.82, 2.24) is 19.8 Å². The molecule has 1 saturated heterocycles. The molecule has 4 rings (SSSR count). The quantitative estimate of drug-likeness (QED) is 0.795. The Morgan fingerprint density at radius 1 is 1.28 bits per heavy atom. The van der Waals surface area contributed by atoms with Gasteiger partial charge < -0.3 is 9.80 Å². The first-order valence-electron chi connectivity index (χ1n) is 8.57. The number of rotatable bonds is 6. The number of pyridine rings is 1. The third-order valence-electron chi connectivity index (χ3n) is 4.70. The van der Waals surface area contributed by atoms with Crippen LogP contribution in [-0.4, -0.2) is 44.2 Å². The Labute approximate surface area is 150 Å². The molecule has 3 heterocycles. The Morgan fingerprint density at radius 2 is 2.16 bits per heavy atom. The summed E-state index contributed by atoms with van der Waals surface area (Å²) in [6.45, 7) is 1.51. The van der Waals surface area contributed by atoms with Crippen molar-refractivity contribution < 1.29 is 9.59 Å². The van der Waals surface area contributed by atoms with Crippen LogP contribution in [0.25, 0.3) is 0 Å². The molecule has 1 atom stereocenters. The van der Waals surface area contributed by atoms with E-state index in [0.717, 1.165) is 23.5 Å². The summed E-state index contributed by atoms with van der Waals surface area (Å²) in [5.74, 6) is -0.125. The van der Waals surface area contributed by atoms with Crippen LogP contribution >= 0.6 is 11.3 Å². The molecule has 2 aliphatic rings. The van der Waals surface area contributed by atoms with E-state index >= 15 is 0 Å². The number of likely N-dealkylation sites (tertiary alicyclic amines) is 1. The van der Waals surface area contributed by atoms with Crippen LogP contribution in [0, 0.1) is 5.92 Å². The number of amides is 2. The van der Waals surface area contributed by atoms with Crippen molar-refractivity contribution >= 4 is 23.2 Å². The van der Waals surface area contributed by atoms with Gasteiger partial charge in [0, 0.05) is 36.8 Å². The van der Waals surface area contributed by atoms with Gasteiger partial charge in [-0.15, -0.1) is 11.3 Å². The lowest BCUT2D eigenvalue weighted by molar-refractivity contribution is -0.137. The van der Waals surface area contributed by atoms with Crippen LogP contribution in [0.3, 0.4) is 0 Å². The molecule has 0 bridgehead atoms. The van der Waals surface area contributed by atoms with Crippen molar-refractivity contribution in [2.75, 3.05) is 6.54 Å². The maximum Gasteiger partial charge on any atom is 0.228 e. The van der Waals surface area contributed by atoms with Crippen molar-refractivity contribution in [1.29, 1.82) is 0 Å². The van der Waals surface area contributed by atoms with Crippen molar-refractivity contribution in [3.05, 3.63) is 46.7 Å². The van der Waals surface area contributed by atoms with Gasteiger partial charge in [-0.25, -0.2) is 4.98 Å². The van der Waals surface area contributed by atoms with Gasteiger partial charge in [0.2, 0.25) is 11.8 Å². The second-order valence-electron chi connectivity index (χ2n) is 6.62. The molecule has 2 amide bonds. The highest BCUT2D eigenvalue weighted by molar-refractivity contribution is 7.09. The zero-order valence-electron chi connectivity index (χ0n) is 13.9. The summed E-state index contributed by atoms with van der Waals surface area (Å²) in [6.07, 6.45) is 5.89. The van der Waals surface area contributed by atoms with Gasteiger partial charge in [-0.1, -0.05) is 6.07 Å². The lowest BCUT2D eigenvalue weighted by atomic mass is 10.1. The van der Waals surface area contributed by atoms with Crippen LogP contribution in [0.1, 0.15) is 30.0 Å². The minimum atomic E-state index is -0.253. The summed E-state index contributed by atoms with van der Waals surface area (Å²) in [7, 11) is 0. The van der Waals surface area contributed by atoms with E-state index in [0.29, 0.717) is 32.1 Å². The summed E-state index contributed by atoms with van der Waals surface area (Å²) < 4.78 is 0. The van der Waals surface area contributed by atoms with Gasteiger partial charge in [0.1, 0.15) is 5.01 Å². The van der Waals surface area contributed by atoms with E-state index in [-0.39, 0.29) is 17.7 Å². The summed E-state index contributed by atoms with van der Waals surface area (Å²) >= 11 is 1.57. The number of carbonyl (C=O) groups is 2. The minimum Gasteiger partial charge on any atom is -0.336 e. The van der Waals surface area contributed by atoms with Gasteiger partial charge >= 0.3 is 0 Å². The van der Waals surface area contributed by atoms with Gasteiger partial charge in [-0.3, -0.25) is 14.6 Å². The van der Waals surface area contributed by atoms with Crippen LogP contribution in [0.2, 0.25) is 0 Å². The number of carbonyl (C=O) groups excluding carboxylic acids is 2. The van der Waals surface area contributed by atoms with Crippen molar-refractivity contribution in [2.24, 2.45) is 5.92 Å². The van der Waals surface area contributed by atoms with E-state index in [9.17, 15) is 9.59 Å². The number of hydrogen-bond donors (Lipinski definition) is 0. The molecule has 130 valence electrons. The molecule has 1 aliphatic carbocycles. The van der Waals surface area contributed by atoms with E-state index in [1.54, 1.807) is 28.6 Å². The second kappa shape index (κ2) is 6.92. The molecule has 6 nitrogen and oxygen atoms in total. The molecule has 0 radical (unpaired) electrons. The SMILES string of the molecule is O=C1CC(C(=O)N(Cc2nccs2)C2CC2)CN1Cc1ccccn1. The smallest absolute Gasteiger partial charge is 0.228 e. The fraction of sp³-hybridized carbons (Fsp3) is 0.444. The normalized spacial score (nSPS) is 20.1. The van der Waals surface area contributed by atoms with Gasteiger partial charge in [0.25, 0.3) is 0 Å². The van der Waals surface area contributed by atoms with Crippen LogP contribution in [0.4, 0.5) is 0 Å². The maximum atomic E-state index is 13.0. The highest BCUT2D eigenvalue weighted by atomic mass is 32.1. The number of hydrogen-bond acceptors (Lipinski definition) is 5. The summed E-state index contributed by atoms with van der Waals surface area (Å²) in [5.41, 5.74) is 0.853. The first-order valence-corrected chi connectivity index (χ1v) is 9.45. The van der Waals surface area contributed by atoms with E-state index < -0.39 is 0 Å². The minimum absolute atomic E-state index is 0.0361. The number of nitrogens with zero attached hydrogens (tertiary/aromatic N) is 4. The molecule has 0 spiro atoms. The fourth-order valence-electron chi connectivity index (χ4n) is 3.26. The monoisotopic (exact) mass is 356 g/mol. The Bertz CT molecular complexity index is 746. The third kappa shape index (κ3) is 3.71. The molecule has 2 fully saturated rings. The molecular formula is C18H20N4O2S. The Kier molecular flexibility index (Phi) is 4.48. The van der Waals surface area contributed by atoms with E-state index in [1.165, 1.54) is 0 Å². The zero-order chi connectivity index (χ0) is 17.2. The van der Waals surface area contributed by atoms with Crippen LogP contribution in [0.5, 0.6) is 0 Å². The highest BCUT2D eigenvalue weighted by Gasteiger charge is 2.41. The van der Waals surface area contributed by atoms with Gasteiger partial charge in [-0.2, -0.15) is 0 Å². The van der Waals surface area contributed by atoms with Crippen molar-refractivity contribution in [3.63, 3.8) is 0 Å². The highest BCUT2D eigenvalue weighted by Crippen LogP contribution is 2.32. The van der Waals surface area contributed by atoms with Gasteiger partial charge in [0.15, 0.2) is 0 Å². The largest absolute Gasteiger partial charge is 0.336 e. The van der Waals surface area contributed by atoms with Crippen molar-refractivity contribution in [3.8, 4) is 0 Å². The van der Waals surface area contributed by atoms with E-state index in [1.807, 2.05) is 28.5 Å². The molecule has 1 aliphatic heterocycles. The zero-order valence-corrected chi connectivity index (χ0v) is 14.7. The average Bonchev–Trinajstić information content (AvgIpc) is 3.21. The van der Waals surface area contributed by atoms with Gasteiger partial charge in [0.05, 0.1) is 24.7 Å². The average molecular weight is 356 g/mol. The van der Waals surface area contributed by atoms with Gasteiger partial charge in [-0.05, 0) is 25.0 Å². The summed E-state index contributed by atoms with van der Waals surface area (Å²) in [5, 5.41) is 2.88. The Balaban J connectivity index is 1.42. The second-order valence-corrected chi connectivity index (χ2v) is 7.60. The molecule has 2 aromatic rings. The van der Waals surface area contributed by atoms with Crippen LogP contribution in [0.15, 0.2) is 36.0 Å². The predicted octanol–water partition coefficient (Wildman–Crippen LogP) is 2.08. The lowest BCUT2D eigenvalue weighted by Gasteiger charge is -2.24. The van der Waals surface area contributed by atoms with Crippen molar-refractivity contribution in [2.45, 2.75) is 38.4 Å². The predicted molar refractivity (Wildman–Crippen MR) is 93.4 cm³/mol. The lowest BCUT2D eigenvalue weighted by Crippen LogP contribution is -2.38. The molecule has 25 heavy (non-hydrogen) atoms. The van der Waals surface area contributed by atoms with E-state index in [2.05, 4.69) is 9.97 Å². The fourth-order valence-corrected chi connectivity index (χ4v) is 3.88. The first-order chi connectivity index (χ1) is 12.2. The molecular weight excluding hydrogens is 336 g/mol. The first kappa shape index (κ1) is 16.2. The topological polar surface area (TPSA) is 66.4 Å². The number of aromatic nitrogens is 2. The van der Waals surface area contributed by atoms with E-state index in [4.69, 9.17) is 0 Å². The van der Waals surface area contributed by atoms with Crippen LogP contribution < -0.4 is 0 Å². The summed E-state index contributed by atoms with van der Waals surface area (Å²) in [6, 6.07) is 5.99.